The maximum absolute atomic E-state index is 11.4. The second-order valence-corrected chi connectivity index (χ2v) is 7.03. The summed E-state index contributed by atoms with van der Waals surface area (Å²) >= 11 is 0. The molecule has 1 unspecified atom stereocenters. The maximum Gasteiger partial charge on any atom is 0.405 e. The maximum atomic E-state index is 11.4. The summed E-state index contributed by atoms with van der Waals surface area (Å²) in [5.74, 6) is 0. The minimum Gasteiger partial charge on any atom is -0.441 e. The molecule has 3 rings (SSSR count). The summed E-state index contributed by atoms with van der Waals surface area (Å²) in [5.41, 5.74) is 11.5. The van der Waals surface area contributed by atoms with E-state index >= 15 is 0 Å². The van der Waals surface area contributed by atoms with Crippen LogP contribution in [0.2, 0.25) is 0 Å². The topological polar surface area (TPSA) is 52.3 Å². The van der Waals surface area contributed by atoms with Crippen LogP contribution in [0.5, 0.6) is 0 Å². The third-order valence-corrected chi connectivity index (χ3v) is 5.83. The van der Waals surface area contributed by atoms with E-state index in [0.29, 0.717) is 0 Å². The zero-order valence-electron chi connectivity index (χ0n) is 15.3. The van der Waals surface area contributed by atoms with Crippen molar-refractivity contribution in [3.63, 3.8) is 0 Å². The third-order valence-electron chi connectivity index (χ3n) is 5.83. The molecule has 0 spiro atoms. The lowest BCUT2D eigenvalue weighted by Crippen LogP contribution is -2.30. The Kier molecular flexibility index (Phi) is 4.85. The molecule has 0 fully saturated rings. The highest BCUT2D eigenvalue weighted by molar-refractivity contribution is 5.68. The summed E-state index contributed by atoms with van der Waals surface area (Å²) in [6, 6.07) is 15.2. The summed E-state index contributed by atoms with van der Waals surface area (Å²) in [6.45, 7) is 6.50. The molecule has 0 aliphatic heterocycles. The first-order valence-electron chi connectivity index (χ1n) is 9.21. The average molecular weight is 337 g/mol. The Hall–Kier alpha value is -2.29. The minimum absolute atomic E-state index is 0.0543. The fourth-order valence-electron chi connectivity index (χ4n) is 4.14. The molecule has 1 aliphatic rings. The summed E-state index contributed by atoms with van der Waals surface area (Å²) in [7, 11) is 0. The predicted molar refractivity (Wildman–Crippen MR) is 101 cm³/mol. The number of hydrogen-bond acceptors (Lipinski definition) is 2. The molecule has 132 valence electrons. The van der Waals surface area contributed by atoms with E-state index in [1.54, 1.807) is 0 Å². The van der Waals surface area contributed by atoms with Crippen molar-refractivity contribution in [2.75, 3.05) is 0 Å². The number of hydrogen-bond donors (Lipinski definition) is 1. The highest BCUT2D eigenvalue weighted by atomic mass is 16.6. The Morgan fingerprint density at radius 2 is 1.84 bits per heavy atom. The summed E-state index contributed by atoms with van der Waals surface area (Å²) in [6.07, 6.45) is 2.93. The number of benzene rings is 2. The summed E-state index contributed by atoms with van der Waals surface area (Å²) in [5, 5.41) is 0. The molecule has 0 aromatic heterocycles. The van der Waals surface area contributed by atoms with Crippen LogP contribution in [0.1, 0.15) is 56.4 Å². The van der Waals surface area contributed by atoms with Crippen molar-refractivity contribution >= 4 is 6.09 Å². The van der Waals surface area contributed by atoms with Crippen molar-refractivity contribution in [3.8, 4) is 11.1 Å². The zero-order valence-corrected chi connectivity index (χ0v) is 15.3. The molecular weight excluding hydrogens is 310 g/mol. The summed E-state index contributed by atoms with van der Waals surface area (Å²) in [4.78, 5) is 11.4. The van der Waals surface area contributed by atoms with Gasteiger partial charge in [-0.05, 0) is 53.5 Å². The van der Waals surface area contributed by atoms with E-state index < -0.39 is 6.09 Å². The number of amides is 1. The van der Waals surface area contributed by atoms with Gasteiger partial charge in [-0.1, -0.05) is 63.2 Å². The molecular formula is C22H27NO2. The van der Waals surface area contributed by atoms with Gasteiger partial charge in [-0.25, -0.2) is 4.79 Å². The van der Waals surface area contributed by atoms with Crippen molar-refractivity contribution in [1.29, 1.82) is 0 Å². The normalized spacial score (nSPS) is 18.0. The first-order chi connectivity index (χ1) is 12.0. The number of fused-ring (bicyclic) bond motifs is 1. The molecule has 0 saturated carbocycles. The van der Waals surface area contributed by atoms with E-state index in [1.165, 1.54) is 22.3 Å². The SMILES string of the molecule is CCc1cccc(-c2ccc3c(c2)CC(CC)(CC)C3OC(N)=O)c1. The highest BCUT2D eigenvalue weighted by Gasteiger charge is 2.46. The molecule has 0 radical (unpaired) electrons. The smallest absolute Gasteiger partial charge is 0.405 e. The van der Waals surface area contributed by atoms with Crippen molar-refractivity contribution in [2.45, 2.75) is 52.6 Å². The van der Waals surface area contributed by atoms with Gasteiger partial charge in [-0.15, -0.1) is 0 Å². The Morgan fingerprint density at radius 1 is 1.12 bits per heavy atom. The monoisotopic (exact) mass is 337 g/mol. The van der Waals surface area contributed by atoms with Gasteiger partial charge in [0, 0.05) is 5.41 Å². The quantitative estimate of drug-likeness (QED) is 0.792. The van der Waals surface area contributed by atoms with E-state index in [0.717, 1.165) is 31.2 Å². The number of carbonyl (C=O) groups excluding carboxylic acids is 1. The van der Waals surface area contributed by atoms with Crippen LogP contribution in [0.15, 0.2) is 42.5 Å². The molecule has 0 bridgehead atoms. The first-order valence-corrected chi connectivity index (χ1v) is 9.21. The second-order valence-electron chi connectivity index (χ2n) is 7.03. The molecule has 0 heterocycles. The molecule has 3 heteroatoms. The number of aryl methyl sites for hydroxylation is 1. The fraction of sp³-hybridized carbons (Fsp3) is 0.409. The molecule has 2 N–H and O–H groups in total. The minimum atomic E-state index is -0.691. The van der Waals surface area contributed by atoms with Crippen LogP contribution in [-0.2, 0) is 17.6 Å². The van der Waals surface area contributed by atoms with Crippen molar-refractivity contribution < 1.29 is 9.53 Å². The van der Waals surface area contributed by atoms with Crippen LogP contribution < -0.4 is 5.73 Å². The molecule has 2 aromatic carbocycles. The van der Waals surface area contributed by atoms with Gasteiger partial charge in [0.2, 0.25) is 0 Å². The molecule has 2 aromatic rings. The van der Waals surface area contributed by atoms with Gasteiger partial charge in [0.1, 0.15) is 6.10 Å². The Morgan fingerprint density at radius 3 is 2.48 bits per heavy atom. The number of rotatable bonds is 5. The molecule has 1 aliphatic carbocycles. The van der Waals surface area contributed by atoms with E-state index in [-0.39, 0.29) is 11.5 Å². The van der Waals surface area contributed by atoms with Crippen molar-refractivity contribution in [1.82, 2.24) is 0 Å². The van der Waals surface area contributed by atoms with Gasteiger partial charge < -0.3 is 10.5 Å². The standard InChI is InChI=1S/C22H27NO2/c1-4-15-8-7-9-16(12-15)17-10-11-19-18(13-17)14-22(5-2,6-3)20(19)25-21(23)24/h7-13,20H,4-6,14H2,1-3H3,(H2,23,24). The van der Waals surface area contributed by atoms with Crippen LogP contribution in [0, 0.1) is 5.41 Å². The van der Waals surface area contributed by atoms with Crippen molar-refractivity contribution in [2.24, 2.45) is 11.1 Å². The zero-order chi connectivity index (χ0) is 18.0. The first kappa shape index (κ1) is 17.5. The van der Waals surface area contributed by atoms with Gasteiger partial charge in [0.15, 0.2) is 0 Å². The molecule has 1 atom stereocenters. The van der Waals surface area contributed by atoms with Crippen LogP contribution in [-0.4, -0.2) is 6.09 Å². The Labute approximate surface area is 150 Å². The molecule has 1 amide bonds. The molecule has 3 nitrogen and oxygen atoms in total. The average Bonchev–Trinajstić information content (AvgIpc) is 2.94. The van der Waals surface area contributed by atoms with E-state index in [9.17, 15) is 4.79 Å². The van der Waals surface area contributed by atoms with Gasteiger partial charge >= 0.3 is 6.09 Å². The molecule has 0 saturated heterocycles. The fourth-order valence-corrected chi connectivity index (χ4v) is 4.14. The number of nitrogens with two attached hydrogens (primary N) is 1. The second kappa shape index (κ2) is 6.91. The van der Waals surface area contributed by atoms with Gasteiger partial charge in [0.05, 0.1) is 0 Å². The predicted octanol–water partition coefficient (Wildman–Crippen LogP) is 5.41. The molecule has 25 heavy (non-hydrogen) atoms. The van der Waals surface area contributed by atoms with E-state index in [2.05, 4.69) is 63.2 Å². The van der Waals surface area contributed by atoms with Gasteiger partial charge in [0.25, 0.3) is 0 Å². The van der Waals surface area contributed by atoms with Crippen LogP contribution in [0.4, 0.5) is 4.79 Å². The van der Waals surface area contributed by atoms with E-state index in [1.807, 2.05) is 0 Å². The number of ether oxygens (including phenoxy) is 1. The van der Waals surface area contributed by atoms with Gasteiger partial charge in [-0.2, -0.15) is 0 Å². The largest absolute Gasteiger partial charge is 0.441 e. The number of primary amides is 1. The van der Waals surface area contributed by atoms with E-state index in [4.69, 9.17) is 10.5 Å². The highest BCUT2D eigenvalue weighted by Crippen LogP contribution is 2.52. The Bertz CT molecular complexity index is 777. The lowest BCUT2D eigenvalue weighted by atomic mass is 9.77. The summed E-state index contributed by atoms with van der Waals surface area (Å²) < 4.78 is 5.56. The van der Waals surface area contributed by atoms with Crippen LogP contribution in [0.25, 0.3) is 11.1 Å². The van der Waals surface area contributed by atoms with Gasteiger partial charge in [-0.3, -0.25) is 0 Å². The lowest BCUT2D eigenvalue weighted by molar-refractivity contribution is 0.0140. The third kappa shape index (κ3) is 3.15. The Balaban J connectivity index is 2.02. The van der Waals surface area contributed by atoms with Crippen molar-refractivity contribution in [3.05, 3.63) is 59.2 Å². The van der Waals surface area contributed by atoms with Crippen LogP contribution >= 0.6 is 0 Å². The van der Waals surface area contributed by atoms with Crippen LogP contribution in [0.3, 0.4) is 0 Å². The number of carbonyl (C=O) groups is 1. The lowest BCUT2D eigenvalue weighted by Gasteiger charge is -2.32.